The molecule has 0 bridgehead atoms. The van der Waals surface area contributed by atoms with Crippen molar-refractivity contribution in [1.29, 1.82) is 0 Å². The molecule has 2 nitrogen and oxygen atoms in total. The van der Waals surface area contributed by atoms with E-state index in [1.807, 2.05) is 24.3 Å². The number of benzene rings is 2. The van der Waals surface area contributed by atoms with Crippen molar-refractivity contribution in [3.63, 3.8) is 0 Å². The number of methoxy groups -OCH3 is 1. The molecule has 2 aromatic carbocycles. The fraction of sp³-hybridized carbons (Fsp3) is 0.278. The first kappa shape index (κ1) is 15.6. The van der Waals surface area contributed by atoms with Crippen LogP contribution in [0.25, 0.3) is 0 Å². The summed E-state index contributed by atoms with van der Waals surface area (Å²) in [6.07, 6.45) is 0. The highest BCUT2D eigenvalue weighted by Crippen LogP contribution is 2.27. The Morgan fingerprint density at radius 1 is 1.00 bits per heavy atom. The van der Waals surface area contributed by atoms with Gasteiger partial charge in [0.05, 0.1) is 12.1 Å². The molecule has 0 aliphatic heterocycles. The van der Waals surface area contributed by atoms with Gasteiger partial charge in [-0.25, -0.2) is 0 Å². The van der Waals surface area contributed by atoms with Gasteiger partial charge in [0, 0.05) is 11.1 Å². The summed E-state index contributed by atoms with van der Waals surface area (Å²) in [4.78, 5) is 12.5. The van der Waals surface area contributed by atoms with Crippen LogP contribution in [0.5, 0.6) is 5.75 Å². The van der Waals surface area contributed by atoms with Gasteiger partial charge in [-0.15, -0.1) is 0 Å². The minimum atomic E-state index is -0.0366. The SMILES string of the molecule is COc1cc(C(=O)c2ccc(C(C)(C)C)cc2)ccc1Cl. The summed E-state index contributed by atoms with van der Waals surface area (Å²) in [5.41, 5.74) is 2.50. The average molecular weight is 303 g/mol. The number of halogens is 1. The van der Waals surface area contributed by atoms with E-state index < -0.39 is 0 Å². The third-order valence-corrected chi connectivity index (χ3v) is 3.74. The third kappa shape index (κ3) is 3.45. The molecule has 0 aliphatic rings. The first-order valence-electron chi connectivity index (χ1n) is 6.81. The smallest absolute Gasteiger partial charge is 0.193 e. The van der Waals surface area contributed by atoms with Crippen molar-refractivity contribution in [2.24, 2.45) is 0 Å². The molecule has 0 atom stereocenters. The maximum absolute atomic E-state index is 12.5. The molecule has 0 radical (unpaired) electrons. The summed E-state index contributed by atoms with van der Waals surface area (Å²) in [5.74, 6) is 0.472. The molecule has 0 fully saturated rings. The second kappa shape index (κ2) is 5.90. The molecule has 2 rings (SSSR count). The molecule has 0 unspecified atom stereocenters. The maximum atomic E-state index is 12.5. The van der Waals surface area contributed by atoms with Gasteiger partial charge in [-0.1, -0.05) is 56.6 Å². The molecule has 3 heteroatoms. The second-order valence-electron chi connectivity index (χ2n) is 6.01. The van der Waals surface area contributed by atoms with Crippen LogP contribution in [-0.2, 0) is 5.41 Å². The molecule has 0 saturated heterocycles. The molecule has 110 valence electrons. The Hall–Kier alpha value is -1.80. The van der Waals surface area contributed by atoms with E-state index in [2.05, 4.69) is 20.8 Å². The number of rotatable bonds is 3. The van der Waals surface area contributed by atoms with Gasteiger partial charge in [-0.2, -0.15) is 0 Å². The van der Waals surface area contributed by atoms with Crippen molar-refractivity contribution in [2.75, 3.05) is 7.11 Å². The van der Waals surface area contributed by atoms with E-state index >= 15 is 0 Å². The molecule has 0 aromatic heterocycles. The van der Waals surface area contributed by atoms with Crippen LogP contribution in [0.4, 0.5) is 0 Å². The molecular weight excluding hydrogens is 284 g/mol. The van der Waals surface area contributed by atoms with E-state index in [0.717, 1.165) is 0 Å². The van der Waals surface area contributed by atoms with Crippen molar-refractivity contribution in [2.45, 2.75) is 26.2 Å². The van der Waals surface area contributed by atoms with Crippen molar-refractivity contribution in [1.82, 2.24) is 0 Å². The zero-order valence-corrected chi connectivity index (χ0v) is 13.5. The molecule has 0 heterocycles. The molecule has 0 N–H and O–H groups in total. The van der Waals surface area contributed by atoms with E-state index in [9.17, 15) is 4.79 Å². The van der Waals surface area contributed by atoms with Gasteiger partial charge in [0.1, 0.15) is 5.75 Å². The molecular formula is C18H19ClO2. The van der Waals surface area contributed by atoms with Gasteiger partial charge >= 0.3 is 0 Å². The minimum absolute atomic E-state index is 0.0366. The summed E-state index contributed by atoms with van der Waals surface area (Å²) in [6, 6.07) is 12.8. The fourth-order valence-corrected chi connectivity index (χ4v) is 2.28. The molecule has 0 spiro atoms. The maximum Gasteiger partial charge on any atom is 0.193 e. The Balaban J connectivity index is 2.32. The zero-order valence-electron chi connectivity index (χ0n) is 12.7. The number of hydrogen-bond acceptors (Lipinski definition) is 2. The molecule has 0 aliphatic carbocycles. The normalized spacial score (nSPS) is 11.3. The number of ketones is 1. The number of ether oxygens (including phenoxy) is 1. The minimum Gasteiger partial charge on any atom is -0.495 e. The van der Waals surface area contributed by atoms with E-state index in [1.165, 1.54) is 12.7 Å². The lowest BCUT2D eigenvalue weighted by molar-refractivity contribution is 0.103. The number of hydrogen-bond donors (Lipinski definition) is 0. The van der Waals surface area contributed by atoms with Gasteiger partial charge in [0.25, 0.3) is 0 Å². The van der Waals surface area contributed by atoms with Gasteiger partial charge in [-0.3, -0.25) is 4.79 Å². The van der Waals surface area contributed by atoms with Gasteiger partial charge in [0.2, 0.25) is 0 Å². The lowest BCUT2D eigenvalue weighted by atomic mass is 9.86. The van der Waals surface area contributed by atoms with Crippen molar-refractivity contribution in [3.05, 3.63) is 64.2 Å². The van der Waals surface area contributed by atoms with Crippen LogP contribution >= 0.6 is 11.6 Å². The highest BCUT2D eigenvalue weighted by atomic mass is 35.5. The van der Waals surface area contributed by atoms with Crippen molar-refractivity contribution < 1.29 is 9.53 Å². The van der Waals surface area contributed by atoms with Crippen molar-refractivity contribution >= 4 is 17.4 Å². The Kier molecular flexibility index (Phi) is 4.38. The predicted octanol–water partition coefficient (Wildman–Crippen LogP) is 4.88. The van der Waals surface area contributed by atoms with Crippen molar-refractivity contribution in [3.8, 4) is 5.75 Å². The summed E-state index contributed by atoms with van der Waals surface area (Å²) < 4.78 is 5.15. The van der Waals surface area contributed by atoms with Crippen LogP contribution < -0.4 is 4.74 Å². The van der Waals surface area contributed by atoms with Crippen LogP contribution in [0.1, 0.15) is 42.3 Å². The predicted molar refractivity (Wildman–Crippen MR) is 86.6 cm³/mol. The summed E-state index contributed by atoms with van der Waals surface area (Å²) in [5, 5.41) is 0.497. The van der Waals surface area contributed by atoms with Crippen LogP contribution in [0, 0.1) is 0 Å². The Labute approximate surface area is 130 Å². The van der Waals surface area contributed by atoms with Gasteiger partial charge in [-0.05, 0) is 29.2 Å². The van der Waals surface area contributed by atoms with E-state index in [-0.39, 0.29) is 11.2 Å². The number of carbonyl (C=O) groups is 1. The molecule has 0 saturated carbocycles. The standard InChI is InChI=1S/C18H19ClO2/c1-18(2,3)14-8-5-12(6-9-14)17(20)13-7-10-15(19)16(11-13)21-4/h5-11H,1-4H3. The topological polar surface area (TPSA) is 26.3 Å². The zero-order chi connectivity index (χ0) is 15.6. The summed E-state index contributed by atoms with van der Waals surface area (Å²) in [7, 11) is 1.54. The molecule has 21 heavy (non-hydrogen) atoms. The molecule has 0 amide bonds. The van der Waals surface area contributed by atoms with Crippen LogP contribution in [-0.4, -0.2) is 12.9 Å². The van der Waals surface area contributed by atoms with E-state index in [0.29, 0.717) is 21.9 Å². The summed E-state index contributed by atoms with van der Waals surface area (Å²) >= 11 is 5.98. The largest absolute Gasteiger partial charge is 0.495 e. The monoisotopic (exact) mass is 302 g/mol. The van der Waals surface area contributed by atoms with Crippen LogP contribution in [0.15, 0.2) is 42.5 Å². The van der Waals surface area contributed by atoms with Crippen LogP contribution in [0.3, 0.4) is 0 Å². The lowest BCUT2D eigenvalue weighted by Crippen LogP contribution is -2.11. The van der Waals surface area contributed by atoms with Gasteiger partial charge < -0.3 is 4.74 Å². The summed E-state index contributed by atoms with van der Waals surface area (Å²) in [6.45, 7) is 6.44. The Bertz CT molecular complexity index is 652. The fourth-order valence-electron chi connectivity index (χ4n) is 2.09. The first-order valence-corrected chi connectivity index (χ1v) is 7.19. The number of carbonyl (C=O) groups excluding carboxylic acids is 1. The average Bonchev–Trinajstić information content (AvgIpc) is 2.46. The van der Waals surface area contributed by atoms with E-state index in [1.54, 1.807) is 18.2 Å². The second-order valence-corrected chi connectivity index (χ2v) is 6.41. The third-order valence-electron chi connectivity index (χ3n) is 3.43. The quantitative estimate of drug-likeness (QED) is 0.756. The Morgan fingerprint density at radius 3 is 2.10 bits per heavy atom. The molecule has 2 aromatic rings. The highest BCUT2D eigenvalue weighted by Gasteiger charge is 2.15. The van der Waals surface area contributed by atoms with E-state index in [4.69, 9.17) is 16.3 Å². The van der Waals surface area contributed by atoms with Gasteiger partial charge in [0.15, 0.2) is 5.78 Å². The van der Waals surface area contributed by atoms with Crippen LogP contribution in [0.2, 0.25) is 5.02 Å². The Morgan fingerprint density at radius 2 is 1.57 bits per heavy atom. The first-order chi connectivity index (χ1) is 9.82. The highest BCUT2D eigenvalue weighted by molar-refractivity contribution is 6.32. The lowest BCUT2D eigenvalue weighted by Gasteiger charge is -2.19.